The molecule has 6 nitrogen and oxygen atoms in total. The molecule has 0 aromatic heterocycles. The number of carbonyl (C=O) groups is 1. The smallest absolute Gasteiger partial charge is 0.305 e. The Hall–Kier alpha value is -1.60. The summed E-state index contributed by atoms with van der Waals surface area (Å²) in [5.74, 6) is -0.972. The Labute approximate surface area is 106 Å². The minimum absolute atomic E-state index is 0.165. The molecule has 0 fully saturated rings. The number of sulfonamides is 1. The fraction of sp³-hybridized carbons (Fsp3) is 0.364. The second-order valence-corrected chi connectivity index (χ2v) is 6.04. The van der Waals surface area contributed by atoms with Crippen LogP contribution in [0.2, 0.25) is 0 Å². The van der Waals surface area contributed by atoms with Crippen molar-refractivity contribution in [3.05, 3.63) is 29.8 Å². The van der Waals surface area contributed by atoms with Crippen molar-refractivity contribution < 1.29 is 18.3 Å². The average molecular weight is 272 g/mol. The zero-order valence-corrected chi connectivity index (χ0v) is 11.0. The van der Waals surface area contributed by atoms with Gasteiger partial charge in [0.1, 0.15) is 0 Å². The molecule has 7 heteroatoms. The highest BCUT2D eigenvalue weighted by Gasteiger charge is 2.14. The summed E-state index contributed by atoms with van der Waals surface area (Å²) in [5, 5.41) is 8.63. The van der Waals surface area contributed by atoms with E-state index in [9.17, 15) is 13.2 Å². The molecule has 1 atom stereocenters. The first kappa shape index (κ1) is 14.5. The maximum atomic E-state index is 11.3. The maximum absolute atomic E-state index is 11.3. The first-order chi connectivity index (χ1) is 8.21. The number of rotatable bonds is 5. The molecular formula is C11H16N2O4S. The Balaban J connectivity index is 2.90. The van der Waals surface area contributed by atoms with E-state index in [-0.39, 0.29) is 6.42 Å². The molecule has 3 N–H and O–H groups in total. The van der Waals surface area contributed by atoms with E-state index in [1.165, 1.54) is 7.05 Å². The molecule has 18 heavy (non-hydrogen) atoms. The quantitative estimate of drug-likeness (QED) is 0.815. The molecule has 0 saturated carbocycles. The molecular weight excluding hydrogens is 256 g/mol. The highest BCUT2D eigenvalue weighted by molar-refractivity contribution is 7.92. The van der Waals surface area contributed by atoms with E-state index in [0.29, 0.717) is 11.3 Å². The van der Waals surface area contributed by atoms with Crippen molar-refractivity contribution in [1.29, 1.82) is 0 Å². The summed E-state index contributed by atoms with van der Waals surface area (Å²) in [5.41, 5.74) is 6.85. The van der Waals surface area contributed by atoms with Gasteiger partial charge in [0.05, 0.1) is 18.4 Å². The molecule has 0 aliphatic carbocycles. The van der Waals surface area contributed by atoms with Crippen molar-refractivity contribution in [1.82, 2.24) is 0 Å². The molecule has 0 spiro atoms. The van der Waals surface area contributed by atoms with Gasteiger partial charge >= 0.3 is 5.97 Å². The molecule has 0 bridgehead atoms. The first-order valence-corrected chi connectivity index (χ1v) is 7.08. The van der Waals surface area contributed by atoms with E-state index < -0.39 is 22.0 Å². The van der Waals surface area contributed by atoms with Gasteiger partial charge in [-0.1, -0.05) is 12.1 Å². The summed E-state index contributed by atoms with van der Waals surface area (Å²) in [6, 6.07) is 5.85. The molecule has 0 aliphatic rings. The maximum Gasteiger partial charge on any atom is 0.305 e. The molecule has 0 radical (unpaired) electrons. The van der Waals surface area contributed by atoms with Crippen LogP contribution in [-0.2, 0) is 14.8 Å². The van der Waals surface area contributed by atoms with E-state index in [2.05, 4.69) is 0 Å². The molecule has 0 aliphatic heterocycles. The zero-order valence-electron chi connectivity index (χ0n) is 10.2. The third-order valence-electron chi connectivity index (χ3n) is 2.58. The number of hydrogen-bond acceptors (Lipinski definition) is 4. The summed E-state index contributed by atoms with van der Waals surface area (Å²) in [4.78, 5) is 10.5. The Morgan fingerprint density at radius 3 is 2.28 bits per heavy atom. The van der Waals surface area contributed by atoms with Crippen LogP contribution in [0.5, 0.6) is 0 Å². The normalized spacial score (nSPS) is 13.1. The van der Waals surface area contributed by atoms with E-state index in [4.69, 9.17) is 10.8 Å². The van der Waals surface area contributed by atoms with Gasteiger partial charge in [-0.2, -0.15) is 0 Å². The third-order valence-corrected chi connectivity index (χ3v) is 3.78. The molecule has 1 aromatic carbocycles. The standard InChI is InChI=1S/C11H16N2O4S/c1-13(18(2,16)17)9-5-3-8(4-6-9)10(12)7-11(14)15/h3-6,10H,7,12H2,1-2H3,(H,14,15). The fourth-order valence-electron chi connectivity index (χ4n) is 1.43. The van der Waals surface area contributed by atoms with Crippen LogP contribution in [0.3, 0.4) is 0 Å². The molecule has 1 unspecified atom stereocenters. The monoisotopic (exact) mass is 272 g/mol. The van der Waals surface area contributed by atoms with Gasteiger partial charge in [-0.05, 0) is 17.7 Å². The van der Waals surface area contributed by atoms with Crippen LogP contribution in [0.1, 0.15) is 18.0 Å². The lowest BCUT2D eigenvalue weighted by Gasteiger charge is -2.17. The summed E-state index contributed by atoms with van der Waals surface area (Å²) in [7, 11) is -1.85. The highest BCUT2D eigenvalue weighted by atomic mass is 32.2. The molecule has 100 valence electrons. The lowest BCUT2D eigenvalue weighted by atomic mass is 10.0. The molecule has 1 rings (SSSR count). The van der Waals surface area contributed by atoms with Gasteiger partial charge < -0.3 is 10.8 Å². The van der Waals surface area contributed by atoms with Gasteiger partial charge in [-0.3, -0.25) is 9.10 Å². The van der Waals surface area contributed by atoms with Crippen LogP contribution in [0.4, 0.5) is 5.69 Å². The predicted octanol–water partition coefficient (Wildman–Crippen LogP) is 0.557. The van der Waals surface area contributed by atoms with Gasteiger partial charge in [0.15, 0.2) is 0 Å². The largest absolute Gasteiger partial charge is 0.481 e. The van der Waals surface area contributed by atoms with Gasteiger partial charge in [-0.25, -0.2) is 8.42 Å². The molecule has 1 aromatic rings. The van der Waals surface area contributed by atoms with Crippen LogP contribution in [-0.4, -0.2) is 32.8 Å². The SMILES string of the molecule is CN(c1ccc(C(N)CC(=O)O)cc1)S(C)(=O)=O. The molecule has 0 saturated heterocycles. The number of nitrogens with two attached hydrogens (primary N) is 1. The number of nitrogens with zero attached hydrogens (tertiary/aromatic N) is 1. The third kappa shape index (κ3) is 3.71. The first-order valence-electron chi connectivity index (χ1n) is 5.23. The highest BCUT2D eigenvalue weighted by Crippen LogP contribution is 2.20. The number of hydrogen-bond donors (Lipinski definition) is 2. The minimum atomic E-state index is -3.30. The predicted molar refractivity (Wildman–Crippen MR) is 68.9 cm³/mol. The second-order valence-electron chi connectivity index (χ2n) is 4.03. The molecule has 0 heterocycles. The van der Waals surface area contributed by atoms with Crippen molar-refractivity contribution in [2.45, 2.75) is 12.5 Å². The van der Waals surface area contributed by atoms with Gasteiger partial charge in [0, 0.05) is 13.1 Å². The summed E-state index contributed by atoms with van der Waals surface area (Å²) < 4.78 is 23.8. The Morgan fingerprint density at radius 1 is 1.39 bits per heavy atom. The summed E-state index contributed by atoms with van der Waals surface area (Å²) in [6.07, 6.45) is 0.943. The lowest BCUT2D eigenvalue weighted by Crippen LogP contribution is -2.24. The van der Waals surface area contributed by atoms with Crippen LogP contribution in [0.25, 0.3) is 0 Å². The number of benzene rings is 1. The van der Waals surface area contributed by atoms with Gasteiger partial charge in [0.25, 0.3) is 0 Å². The molecule has 0 amide bonds. The summed E-state index contributed by atoms with van der Waals surface area (Å²) in [6.45, 7) is 0. The van der Waals surface area contributed by atoms with Crippen molar-refractivity contribution in [3.8, 4) is 0 Å². The minimum Gasteiger partial charge on any atom is -0.481 e. The van der Waals surface area contributed by atoms with Crippen LogP contribution in [0.15, 0.2) is 24.3 Å². The summed E-state index contributed by atoms with van der Waals surface area (Å²) >= 11 is 0. The number of carboxylic acids is 1. The van der Waals surface area contributed by atoms with Crippen LogP contribution in [0, 0.1) is 0 Å². The van der Waals surface area contributed by atoms with Crippen molar-refractivity contribution in [2.75, 3.05) is 17.6 Å². The number of aliphatic carboxylic acids is 1. The van der Waals surface area contributed by atoms with Crippen LogP contribution >= 0.6 is 0 Å². The van der Waals surface area contributed by atoms with E-state index in [1.54, 1.807) is 24.3 Å². The second kappa shape index (κ2) is 5.36. The number of anilines is 1. The topological polar surface area (TPSA) is 101 Å². The Bertz CT molecular complexity index is 524. The lowest BCUT2D eigenvalue weighted by molar-refractivity contribution is -0.137. The van der Waals surface area contributed by atoms with Gasteiger partial charge in [0.2, 0.25) is 10.0 Å². The average Bonchev–Trinajstić information content (AvgIpc) is 2.26. The van der Waals surface area contributed by atoms with Gasteiger partial charge in [-0.15, -0.1) is 0 Å². The van der Waals surface area contributed by atoms with Crippen molar-refractivity contribution in [3.63, 3.8) is 0 Å². The zero-order chi connectivity index (χ0) is 13.9. The van der Waals surface area contributed by atoms with E-state index in [1.807, 2.05) is 0 Å². The van der Waals surface area contributed by atoms with E-state index >= 15 is 0 Å². The number of carboxylic acid groups (broad SMARTS) is 1. The fourth-order valence-corrected chi connectivity index (χ4v) is 1.93. The van der Waals surface area contributed by atoms with E-state index in [0.717, 1.165) is 10.6 Å². The Morgan fingerprint density at radius 2 is 1.89 bits per heavy atom. The van der Waals surface area contributed by atoms with Crippen LogP contribution < -0.4 is 10.0 Å². The van der Waals surface area contributed by atoms with Crippen molar-refractivity contribution in [2.24, 2.45) is 5.73 Å². The Kier molecular flexibility index (Phi) is 4.31. The van der Waals surface area contributed by atoms with Crippen molar-refractivity contribution >= 4 is 21.7 Å².